The van der Waals surface area contributed by atoms with E-state index in [-0.39, 0.29) is 18.4 Å². The number of aromatic amines is 1. The number of methoxy groups -OCH3 is 1. The zero-order valence-corrected chi connectivity index (χ0v) is 20.1. The van der Waals surface area contributed by atoms with E-state index in [4.69, 9.17) is 4.74 Å². The fourth-order valence-electron chi connectivity index (χ4n) is 5.09. The van der Waals surface area contributed by atoms with Crippen molar-refractivity contribution in [3.63, 3.8) is 0 Å². The summed E-state index contributed by atoms with van der Waals surface area (Å²) in [4.78, 5) is 36.1. The van der Waals surface area contributed by atoms with Gasteiger partial charge in [0.05, 0.1) is 30.7 Å². The van der Waals surface area contributed by atoms with Gasteiger partial charge in [0.15, 0.2) is 0 Å². The highest BCUT2D eigenvalue weighted by atomic mass is 16.5. The first-order valence-electron chi connectivity index (χ1n) is 12.0. The minimum absolute atomic E-state index is 0.107. The van der Waals surface area contributed by atoms with Gasteiger partial charge in [0.1, 0.15) is 12.3 Å². The van der Waals surface area contributed by atoms with Crippen molar-refractivity contribution in [3.8, 4) is 17.0 Å². The molecule has 0 saturated heterocycles. The molecule has 0 spiro atoms. The number of aromatic nitrogens is 2. The van der Waals surface area contributed by atoms with Gasteiger partial charge in [-0.25, -0.2) is 0 Å². The standard InChI is InChI=1S/C30H24N4O3/c1-37-21-10-6-8-19(16-21)28-27(24-13-4-5-14-25(24)33-28)29-22-11-2-3-12-23(22)30(36)34(29)18-26(35)32-20-9-7-15-31-17-20/h2-17,29,33H,18H2,1H3,(H,32,35)/t29-/m0/s1. The second-order valence-corrected chi connectivity index (χ2v) is 8.90. The number of nitrogens with zero attached hydrogens (tertiary/aromatic N) is 2. The molecule has 0 radical (unpaired) electrons. The molecule has 0 saturated carbocycles. The van der Waals surface area contributed by atoms with Crippen LogP contribution in [0.2, 0.25) is 0 Å². The maximum atomic E-state index is 13.7. The molecular formula is C30H24N4O3. The third kappa shape index (κ3) is 4.00. The lowest BCUT2D eigenvalue weighted by molar-refractivity contribution is -0.117. The lowest BCUT2D eigenvalue weighted by atomic mass is 9.93. The molecule has 2 N–H and O–H groups in total. The molecule has 1 atom stereocenters. The van der Waals surface area contributed by atoms with E-state index >= 15 is 0 Å². The Hall–Kier alpha value is -4.91. The van der Waals surface area contributed by atoms with Crippen molar-refractivity contribution in [1.29, 1.82) is 0 Å². The summed E-state index contributed by atoms with van der Waals surface area (Å²) in [5.74, 6) is 0.267. The first-order valence-corrected chi connectivity index (χ1v) is 12.0. The van der Waals surface area contributed by atoms with Gasteiger partial charge in [-0.3, -0.25) is 14.6 Å². The van der Waals surface area contributed by atoms with E-state index in [0.717, 1.165) is 39.0 Å². The van der Waals surface area contributed by atoms with Gasteiger partial charge in [-0.1, -0.05) is 48.5 Å². The van der Waals surface area contributed by atoms with Crippen molar-refractivity contribution in [2.75, 3.05) is 19.0 Å². The molecular weight excluding hydrogens is 464 g/mol. The topological polar surface area (TPSA) is 87.3 Å². The molecule has 37 heavy (non-hydrogen) atoms. The van der Waals surface area contributed by atoms with Gasteiger partial charge in [0.25, 0.3) is 5.91 Å². The quantitative estimate of drug-likeness (QED) is 0.334. The SMILES string of the molecule is COc1cccc(-c2[nH]c3ccccc3c2[C@@H]2c3ccccc3C(=O)N2CC(=O)Nc2cccnc2)c1. The highest BCUT2D eigenvalue weighted by Gasteiger charge is 2.41. The number of hydrogen-bond acceptors (Lipinski definition) is 4. The molecule has 1 aliphatic rings. The summed E-state index contributed by atoms with van der Waals surface area (Å²) >= 11 is 0. The van der Waals surface area contributed by atoms with Crippen LogP contribution in [0.25, 0.3) is 22.2 Å². The maximum absolute atomic E-state index is 13.7. The second kappa shape index (κ2) is 9.28. The lowest BCUT2D eigenvalue weighted by Crippen LogP contribution is -2.36. The number of para-hydroxylation sites is 1. The molecule has 1 aliphatic heterocycles. The second-order valence-electron chi connectivity index (χ2n) is 8.90. The summed E-state index contributed by atoms with van der Waals surface area (Å²) in [6, 6.07) is 26.5. The van der Waals surface area contributed by atoms with E-state index in [9.17, 15) is 9.59 Å². The number of pyridine rings is 1. The van der Waals surface area contributed by atoms with E-state index in [0.29, 0.717) is 11.3 Å². The summed E-state index contributed by atoms with van der Waals surface area (Å²) in [7, 11) is 1.64. The van der Waals surface area contributed by atoms with Crippen LogP contribution in [-0.4, -0.2) is 40.3 Å². The smallest absolute Gasteiger partial charge is 0.255 e. The number of benzene rings is 3. The Kier molecular flexibility index (Phi) is 5.65. The maximum Gasteiger partial charge on any atom is 0.255 e. The van der Waals surface area contributed by atoms with Gasteiger partial charge in [0, 0.05) is 33.8 Å². The third-order valence-electron chi connectivity index (χ3n) is 6.70. The van der Waals surface area contributed by atoms with Crippen LogP contribution in [0.5, 0.6) is 5.75 Å². The number of nitrogens with one attached hydrogen (secondary N) is 2. The Bertz CT molecular complexity index is 1630. The zero-order chi connectivity index (χ0) is 25.4. The van der Waals surface area contributed by atoms with Crippen molar-refractivity contribution in [3.05, 3.63) is 114 Å². The van der Waals surface area contributed by atoms with Crippen LogP contribution in [0.15, 0.2) is 97.3 Å². The van der Waals surface area contributed by atoms with Crippen molar-refractivity contribution in [2.24, 2.45) is 0 Å². The number of rotatable bonds is 6. The van der Waals surface area contributed by atoms with E-state index in [2.05, 4.69) is 15.3 Å². The van der Waals surface area contributed by atoms with Gasteiger partial charge in [-0.2, -0.15) is 0 Å². The normalized spacial score (nSPS) is 14.6. The molecule has 0 unspecified atom stereocenters. The van der Waals surface area contributed by atoms with Crippen LogP contribution in [0.3, 0.4) is 0 Å². The lowest BCUT2D eigenvalue weighted by Gasteiger charge is -2.26. The molecule has 5 aromatic rings. The number of carbonyl (C=O) groups excluding carboxylic acids is 2. The summed E-state index contributed by atoms with van der Waals surface area (Å²) < 4.78 is 5.48. The van der Waals surface area contributed by atoms with Crippen molar-refractivity contribution < 1.29 is 14.3 Å². The summed E-state index contributed by atoms with van der Waals surface area (Å²) in [6.45, 7) is -0.107. The monoisotopic (exact) mass is 488 g/mol. The highest BCUT2D eigenvalue weighted by molar-refractivity contribution is 6.05. The highest BCUT2D eigenvalue weighted by Crippen LogP contribution is 2.45. The Labute approximate surface area is 213 Å². The Morgan fingerprint density at radius 1 is 1.03 bits per heavy atom. The predicted octanol–water partition coefficient (Wildman–Crippen LogP) is 5.42. The molecule has 0 aliphatic carbocycles. The number of hydrogen-bond donors (Lipinski definition) is 2. The first kappa shape index (κ1) is 22.5. The number of fused-ring (bicyclic) bond motifs is 2. The summed E-state index contributed by atoms with van der Waals surface area (Å²) in [5, 5.41) is 3.85. The van der Waals surface area contributed by atoms with Gasteiger partial charge in [0.2, 0.25) is 5.91 Å². The van der Waals surface area contributed by atoms with Crippen molar-refractivity contribution in [1.82, 2.24) is 14.9 Å². The van der Waals surface area contributed by atoms with Crippen molar-refractivity contribution in [2.45, 2.75) is 6.04 Å². The average Bonchev–Trinajstić information content (AvgIpc) is 3.44. The zero-order valence-electron chi connectivity index (χ0n) is 20.1. The van der Waals surface area contributed by atoms with Crippen LogP contribution in [0.1, 0.15) is 27.5 Å². The van der Waals surface area contributed by atoms with E-state index in [1.54, 1.807) is 36.5 Å². The van der Waals surface area contributed by atoms with Crippen LogP contribution in [0, 0.1) is 0 Å². The van der Waals surface area contributed by atoms with E-state index in [1.165, 1.54) is 0 Å². The fourth-order valence-corrected chi connectivity index (χ4v) is 5.09. The molecule has 7 nitrogen and oxygen atoms in total. The minimum atomic E-state index is -0.458. The van der Waals surface area contributed by atoms with Gasteiger partial charge in [-0.05, 0) is 42.0 Å². The van der Waals surface area contributed by atoms with Crippen LogP contribution in [0.4, 0.5) is 5.69 Å². The molecule has 182 valence electrons. The number of H-pyrrole nitrogens is 1. The molecule has 6 rings (SSSR count). The molecule has 3 heterocycles. The Balaban J connectivity index is 1.50. The van der Waals surface area contributed by atoms with Crippen LogP contribution >= 0.6 is 0 Å². The van der Waals surface area contributed by atoms with Gasteiger partial charge < -0.3 is 19.9 Å². The Morgan fingerprint density at radius 3 is 2.70 bits per heavy atom. The molecule has 0 bridgehead atoms. The minimum Gasteiger partial charge on any atom is -0.497 e. The summed E-state index contributed by atoms with van der Waals surface area (Å²) in [5.41, 5.74) is 5.76. The van der Waals surface area contributed by atoms with Gasteiger partial charge in [-0.15, -0.1) is 0 Å². The first-order chi connectivity index (χ1) is 18.1. The van der Waals surface area contributed by atoms with Gasteiger partial charge >= 0.3 is 0 Å². The number of anilines is 1. The number of amides is 2. The summed E-state index contributed by atoms with van der Waals surface area (Å²) in [6.07, 6.45) is 3.22. The van der Waals surface area contributed by atoms with Crippen LogP contribution in [-0.2, 0) is 4.79 Å². The Morgan fingerprint density at radius 2 is 1.86 bits per heavy atom. The van der Waals surface area contributed by atoms with Crippen LogP contribution < -0.4 is 10.1 Å². The van der Waals surface area contributed by atoms with E-state index < -0.39 is 6.04 Å². The predicted molar refractivity (Wildman–Crippen MR) is 142 cm³/mol. The average molecular weight is 489 g/mol. The molecule has 3 aromatic carbocycles. The largest absolute Gasteiger partial charge is 0.497 e. The number of carbonyl (C=O) groups is 2. The third-order valence-corrected chi connectivity index (χ3v) is 6.70. The van der Waals surface area contributed by atoms with Crippen molar-refractivity contribution >= 4 is 28.4 Å². The number of ether oxygens (including phenoxy) is 1. The molecule has 7 heteroatoms. The fraction of sp³-hybridized carbons (Fsp3) is 0.100. The van der Waals surface area contributed by atoms with E-state index in [1.807, 2.05) is 72.8 Å². The molecule has 2 amide bonds. The molecule has 0 fully saturated rings. The molecule has 2 aromatic heterocycles.